The van der Waals surface area contributed by atoms with Crippen molar-refractivity contribution in [3.63, 3.8) is 0 Å². The normalized spacial score (nSPS) is 12.3. The van der Waals surface area contributed by atoms with Crippen LogP contribution in [0.4, 0.5) is 0 Å². The number of rotatable bonds is 6. The van der Waals surface area contributed by atoms with Gasteiger partial charge in [-0.05, 0) is 36.2 Å². The lowest BCUT2D eigenvalue weighted by Crippen LogP contribution is -2.22. The highest BCUT2D eigenvalue weighted by Gasteiger charge is 2.11. The van der Waals surface area contributed by atoms with Gasteiger partial charge in [0, 0.05) is 17.5 Å². The molecule has 0 heterocycles. The molecule has 0 fully saturated rings. The van der Waals surface area contributed by atoms with Gasteiger partial charge in [0.25, 0.3) is 0 Å². The minimum atomic E-state index is 0.502. The largest absolute Gasteiger partial charge is 0.316 e. The van der Waals surface area contributed by atoms with Gasteiger partial charge in [-0.15, -0.1) is 0 Å². The zero-order chi connectivity index (χ0) is 13.5. The Kier molecular flexibility index (Phi) is 5.44. The van der Waals surface area contributed by atoms with Crippen molar-refractivity contribution in [3.8, 4) is 0 Å². The van der Waals surface area contributed by atoms with E-state index < -0.39 is 0 Å². The molecule has 0 aliphatic carbocycles. The molecule has 1 N–H and O–H groups in total. The van der Waals surface area contributed by atoms with Crippen LogP contribution in [0.25, 0.3) is 0 Å². The third kappa shape index (κ3) is 4.38. The summed E-state index contributed by atoms with van der Waals surface area (Å²) in [6.07, 6.45) is 1.04. The van der Waals surface area contributed by atoms with Crippen LogP contribution in [0.2, 0.25) is 5.02 Å². The molecule has 0 radical (unpaired) electrons. The molecule has 0 saturated heterocycles. The van der Waals surface area contributed by atoms with Gasteiger partial charge in [-0.25, -0.2) is 0 Å². The van der Waals surface area contributed by atoms with Gasteiger partial charge in [0.15, 0.2) is 0 Å². The third-order valence-corrected chi connectivity index (χ3v) is 3.56. The highest BCUT2D eigenvalue weighted by molar-refractivity contribution is 6.30. The Labute approximate surface area is 120 Å². The van der Waals surface area contributed by atoms with Crippen LogP contribution in [0.5, 0.6) is 0 Å². The summed E-state index contributed by atoms with van der Waals surface area (Å²) in [6.45, 7) is 4.15. The number of halogens is 1. The molecule has 0 aliphatic rings. The minimum absolute atomic E-state index is 0.502. The molecular weight excluding hydrogens is 254 g/mol. The Hall–Kier alpha value is -1.31. The van der Waals surface area contributed by atoms with Gasteiger partial charge in [0.1, 0.15) is 0 Å². The molecule has 0 aromatic heterocycles. The number of hydrogen-bond acceptors (Lipinski definition) is 1. The quantitative estimate of drug-likeness (QED) is 0.829. The van der Waals surface area contributed by atoms with Crippen molar-refractivity contribution < 1.29 is 0 Å². The first kappa shape index (κ1) is 14.1. The lowest BCUT2D eigenvalue weighted by molar-refractivity contribution is 0.595. The van der Waals surface area contributed by atoms with Gasteiger partial charge in [-0.3, -0.25) is 0 Å². The van der Waals surface area contributed by atoms with Crippen molar-refractivity contribution in [2.45, 2.75) is 19.3 Å². The Morgan fingerprint density at radius 1 is 1.00 bits per heavy atom. The third-order valence-electron chi connectivity index (χ3n) is 3.31. The Morgan fingerprint density at radius 2 is 1.68 bits per heavy atom. The molecule has 1 unspecified atom stereocenters. The monoisotopic (exact) mass is 273 g/mol. The van der Waals surface area contributed by atoms with Gasteiger partial charge in [-0.2, -0.15) is 0 Å². The van der Waals surface area contributed by atoms with E-state index in [2.05, 4.69) is 54.7 Å². The van der Waals surface area contributed by atoms with E-state index in [0.29, 0.717) is 5.92 Å². The van der Waals surface area contributed by atoms with E-state index in [4.69, 9.17) is 11.6 Å². The zero-order valence-corrected chi connectivity index (χ0v) is 12.0. The molecule has 2 heteroatoms. The fraction of sp³-hybridized carbons (Fsp3) is 0.294. The van der Waals surface area contributed by atoms with Crippen LogP contribution in [-0.4, -0.2) is 13.1 Å². The predicted molar refractivity (Wildman–Crippen MR) is 82.9 cm³/mol. The average Bonchev–Trinajstić information content (AvgIpc) is 2.46. The molecule has 1 atom stereocenters. The van der Waals surface area contributed by atoms with E-state index in [1.54, 1.807) is 0 Å². The van der Waals surface area contributed by atoms with Gasteiger partial charge in [-0.1, -0.05) is 61.0 Å². The second-order valence-electron chi connectivity index (χ2n) is 4.75. The summed E-state index contributed by atoms with van der Waals surface area (Å²) in [5.74, 6) is 0.502. The minimum Gasteiger partial charge on any atom is -0.316 e. The van der Waals surface area contributed by atoms with Crippen molar-refractivity contribution in [1.82, 2.24) is 5.32 Å². The fourth-order valence-corrected chi connectivity index (χ4v) is 2.38. The van der Waals surface area contributed by atoms with E-state index in [1.165, 1.54) is 11.1 Å². The van der Waals surface area contributed by atoms with Crippen LogP contribution in [0.15, 0.2) is 54.6 Å². The first-order valence-corrected chi connectivity index (χ1v) is 7.17. The first-order valence-electron chi connectivity index (χ1n) is 6.79. The van der Waals surface area contributed by atoms with Crippen molar-refractivity contribution in [2.75, 3.05) is 13.1 Å². The fourth-order valence-electron chi connectivity index (χ4n) is 2.26. The smallest absolute Gasteiger partial charge is 0.0406 e. The summed E-state index contributed by atoms with van der Waals surface area (Å²) in [4.78, 5) is 0. The Balaban J connectivity index is 2.11. The van der Waals surface area contributed by atoms with Gasteiger partial charge in [0.05, 0.1) is 0 Å². The Bertz CT molecular complexity index is 478. The summed E-state index contributed by atoms with van der Waals surface area (Å²) in [5.41, 5.74) is 2.72. The summed E-state index contributed by atoms with van der Waals surface area (Å²) >= 11 is 5.94. The first-order chi connectivity index (χ1) is 9.29. The lowest BCUT2D eigenvalue weighted by Gasteiger charge is -2.18. The van der Waals surface area contributed by atoms with E-state index in [-0.39, 0.29) is 0 Å². The van der Waals surface area contributed by atoms with Gasteiger partial charge in [0.2, 0.25) is 0 Å². The molecule has 1 nitrogen and oxygen atoms in total. The number of likely N-dealkylation sites (N-methyl/N-ethyl adjacent to an activating group) is 1. The molecule has 0 spiro atoms. The van der Waals surface area contributed by atoms with Crippen LogP contribution >= 0.6 is 11.6 Å². The summed E-state index contributed by atoms with van der Waals surface area (Å²) in [6, 6.07) is 18.9. The van der Waals surface area contributed by atoms with E-state index in [0.717, 1.165) is 24.5 Å². The molecule has 2 aromatic rings. The maximum atomic E-state index is 5.94. The van der Waals surface area contributed by atoms with Gasteiger partial charge >= 0.3 is 0 Å². The summed E-state index contributed by atoms with van der Waals surface area (Å²) < 4.78 is 0. The van der Waals surface area contributed by atoms with E-state index in [9.17, 15) is 0 Å². The van der Waals surface area contributed by atoms with Crippen LogP contribution in [0, 0.1) is 0 Å². The van der Waals surface area contributed by atoms with E-state index in [1.807, 2.05) is 12.1 Å². The van der Waals surface area contributed by atoms with Crippen LogP contribution in [0.3, 0.4) is 0 Å². The molecule has 0 saturated carbocycles. The summed E-state index contributed by atoms with van der Waals surface area (Å²) in [5, 5.41) is 4.25. The van der Waals surface area contributed by atoms with Crippen molar-refractivity contribution in [2.24, 2.45) is 0 Å². The number of hydrogen-bond donors (Lipinski definition) is 1. The Morgan fingerprint density at radius 3 is 2.32 bits per heavy atom. The second kappa shape index (κ2) is 7.32. The average molecular weight is 274 g/mol. The van der Waals surface area contributed by atoms with Crippen LogP contribution in [0.1, 0.15) is 24.0 Å². The maximum absolute atomic E-state index is 5.94. The lowest BCUT2D eigenvalue weighted by atomic mass is 9.92. The van der Waals surface area contributed by atoms with E-state index >= 15 is 0 Å². The molecule has 19 heavy (non-hydrogen) atoms. The molecular formula is C17H20ClN. The number of nitrogens with one attached hydrogen (secondary N) is 1. The topological polar surface area (TPSA) is 12.0 Å². The highest BCUT2D eigenvalue weighted by Crippen LogP contribution is 2.21. The van der Waals surface area contributed by atoms with Crippen molar-refractivity contribution >= 4 is 11.6 Å². The second-order valence-corrected chi connectivity index (χ2v) is 5.18. The molecule has 2 rings (SSSR count). The highest BCUT2D eigenvalue weighted by atomic mass is 35.5. The van der Waals surface area contributed by atoms with Gasteiger partial charge < -0.3 is 5.32 Å². The maximum Gasteiger partial charge on any atom is 0.0406 e. The zero-order valence-electron chi connectivity index (χ0n) is 11.3. The standard InChI is InChI=1S/C17H20ClN/c1-2-19-13-16(15-6-4-3-5-7-15)12-14-8-10-17(18)11-9-14/h3-11,16,19H,2,12-13H2,1H3. The van der Waals surface area contributed by atoms with Crippen molar-refractivity contribution in [1.29, 1.82) is 0 Å². The molecule has 2 aromatic carbocycles. The number of benzene rings is 2. The predicted octanol–water partition coefficient (Wildman–Crippen LogP) is 4.28. The van der Waals surface area contributed by atoms with Crippen molar-refractivity contribution in [3.05, 3.63) is 70.7 Å². The SMILES string of the molecule is CCNCC(Cc1ccc(Cl)cc1)c1ccccc1. The molecule has 0 aliphatic heterocycles. The molecule has 100 valence electrons. The molecule has 0 amide bonds. The van der Waals surface area contributed by atoms with Crippen LogP contribution < -0.4 is 5.32 Å². The molecule has 0 bridgehead atoms. The summed E-state index contributed by atoms with van der Waals surface area (Å²) in [7, 11) is 0. The van der Waals surface area contributed by atoms with Crippen LogP contribution in [-0.2, 0) is 6.42 Å².